The van der Waals surface area contributed by atoms with Crippen LogP contribution in [-0.4, -0.2) is 48.1 Å². The molecule has 1 heterocycles. The van der Waals surface area contributed by atoms with E-state index in [0.29, 0.717) is 5.56 Å². The van der Waals surface area contributed by atoms with Gasteiger partial charge in [0.25, 0.3) is 0 Å². The van der Waals surface area contributed by atoms with Crippen LogP contribution >= 0.6 is 0 Å². The molecule has 0 radical (unpaired) electrons. The molecule has 2 N–H and O–H groups in total. The second-order valence-corrected chi connectivity index (χ2v) is 6.92. The maximum absolute atomic E-state index is 13.7. The number of halogens is 1. The summed E-state index contributed by atoms with van der Waals surface area (Å²) in [4.78, 5) is 4.95. The molecule has 21 heavy (non-hydrogen) atoms. The summed E-state index contributed by atoms with van der Waals surface area (Å²) < 4.78 is 13.7. The summed E-state index contributed by atoms with van der Waals surface area (Å²) in [5, 5.41) is 0. The first-order valence-electron chi connectivity index (χ1n) is 7.85. The molecule has 0 aliphatic carbocycles. The Morgan fingerprint density at radius 1 is 1.14 bits per heavy atom. The maximum atomic E-state index is 13.7. The molecule has 0 spiro atoms. The quantitative estimate of drug-likeness (QED) is 0.926. The molecule has 1 atom stereocenters. The normalized spacial score (nSPS) is 19.7. The highest BCUT2D eigenvalue weighted by molar-refractivity contribution is 5.20. The first-order valence-corrected chi connectivity index (χ1v) is 7.85. The molecule has 1 aromatic rings. The molecule has 1 fully saturated rings. The third-order valence-corrected chi connectivity index (χ3v) is 4.38. The first kappa shape index (κ1) is 16.4. The number of rotatable bonds is 4. The molecule has 1 unspecified atom stereocenters. The van der Waals surface area contributed by atoms with Crippen molar-refractivity contribution in [1.29, 1.82) is 0 Å². The van der Waals surface area contributed by atoms with Gasteiger partial charge in [-0.2, -0.15) is 0 Å². The summed E-state index contributed by atoms with van der Waals surface area (Å²) in [6.45, 7) is 12.1. The van der Waals surface area contributed by atoms with Crippen LogP contribution in [0.2, 0.25) is 0 Å². The Bertz CT molecular complexity index is 448. The topological polar surface area (TPSA) is 32.5 Å². The number of hydrogen-bond acceptors (Lipinski definition) is 3. The van der Waals surface area contributed by atoms with Crippen molar-refractivity contribution in [2.45, 2.75) is 38.8 Å². The van der Waals surface area contributed by atoms with Crippen molar-refractivity contribution in [2.75, 3.05) is 32.7 Å². The molecule has 118 valence electrons. The lowest BCUT2D eigenvalue weighted by Gasteiger charge is -2.42. The molecular weight excluding hydrogens is 265 g/mol. The van der Waals surface area contributed by atoms with Gasteiger partial charge in [-0.15, -0.1) is 0 Å². The lowest BCUT2D eigenvalue weighted by atomic mass is 10.0. The van der Waals surface area contributed by atoms with Gasteiger partial charge in [0.2, 0.25) is 0 Å². The highest BCUT2D eigenvalue weighted by Gasteiger charge is 2.25. The molecule has 1 saturated heterocycles. The Balaban J connectivity index is 1.79. The summed E-state index contributed by atoms with van der Waals surface area (Å²) in [7, 11) is 0. The van der Waals surface area contributed by atoms with Gasteiger partial charge >= 0.3 is 0 Å². The van der Waals surface area contributed by atoms with E-state index in [1.807, 2.05) is 6.07 Å². The van der Waals surface area contributed by atoms with Crippen molar-refractivity contribution in [3.8, 4) is 0 Å². The fraction of sp³-hybridized carbons (Fsp3) is 0.647. The van der Waals surface area contributed by atoms with Gasteiger partial charge in [-0.1, -0.05) is 18.2 Å². The van der Waals surface area contributed by atoms with Crippen LogP contribution in [-0.2, 0) is 0 Å². The maximum Gasteiger partial charge on any atom is 0.127 e. The third kappa shape index (κ3) is 4.50. The number of nitrogens with two attached hydrogens (primary N) is 1. The van der Waals surface area contributed by atoms with Crippen LogP contribution < -0.4 is 5.73 Å². The molecule has 0 aromatic heterocycles. The summed E-state index contributed by atoms with van der Waals surface area (Å²) in [6, 6.07) is 6.61. The van der Waals surface area contributed by atoms with Gasteiger partial charge in [0.05, 0.1) is 0 Å². The fourth-order valence-corrected chi connectivity index (χ4v) is 2.90. The average Bonchev–Trinajstić information content (AvgIpc) is 2.45. The van der Waals surface area contributed by atoms with Gasteiger partial charge in [-0.05, 0) is 33.3 Å². The number of benzene rings is 1. The fourth-order valence-electron chi connectivity index (χ4n) is 2.90. The molecule has 0 amide bonds. The molecule has 2 rings (SSSR count). The molecule has 1 aliphatic heterocycles. The van der Waals surface area contributed by atoms with Crippen LogP contribution in [0.4, 0.5) is 4.39 Å². The minimum absolute atomic E-state index is 0.192. The van der Waals surface area contributed by atoms with Crippen LogP contribution in [0, 0.1) is 5.82 Å². The van der Waals surface area contributed by atoms with E-state index < -0.39 is 0 Å². The number of piperazine rings is 1. The Morgan fingerprint density at radius 2 is 1.76 bits per heavy atom. The second kappa shape index (κ2) is 6.86. The Kier molecular flexibility index (Phi) is 5.36. The largest absolute Gasteiger partial charge is 0.324 e. The second-order valence-electron chi connectivity index (χ2n) is 6.92. The van der Waals surface area contributed by atoms with Crippen molar-refractivity contribution >= 4 is 0 Å². The van der Waals surface area contributed by atoms with E-state index in [0.717, 1.165) is 39.1 Å². The van der Waals surface area contributed by atoms with E-state index in [-0.39, 0.29) is 17.4 Å². The Hall–Kier alpha value is -0.970. The highest BCUT2D eigenvalue weighted by Crippen LogP contribution is 2.19. The minimum atomic E-state index is -0.216. The predicted octanol–water partition coefficient (Wildman–Crippen LogP) is 2.63. The lowest BCUT2D eigenvalue weighted by Crippen LogP contribution is -2.53. The average molecular weight is 293 g/mol. The molecule has 0 bridgehead atoms. The summed E-state index contributed by atoms with van der Waals surface area (Å²) >= 11 is 0. The van der Waals surface area contributed by atoms with Crippen molar-refractivity contribution in [2.24, 2.45) is 5.73 Å². The lowest BCUT2D eigenvalue weighted by molar-refractivity contribution is 0.0610. The zero-order chi connectivity index (χ0) is 15.5. The van der Waals surface area contributed by atoms with Crippen molar-refractivity contribution in [1.82, 2.24) is 9.80 Å². The van der Waals surface area contributed by atoms with Gasteiger partial charge < -0.3 is 10.6 Å². The first-order chi connectivity index (χ1) is 9.88. The zero-order valence-electron chi connectivity index (χ0n) is 13.5. The van der Waals surface area contributed by atoms with Crippen LogP contribution in [0.25, 0.3) is 0 Å². The van der Waals surface area contributed by atoms with Gasteiger partial charge in [0.1, 0.15) is 5.82 Å². The van der Waals surface area contributed by atoms with E-state index in [4.69, 9.17) is 5.73 Å². The smallest absolute Gasteiger partial charge is 0.127 e. The molecule has 4 heteroatoms. The molecular formula is C17H28FN3. The van der Waals surface area contributed by atoms with Crippen molar-refractivity contribution in [3.05, 3.63) is 35.6 Å². The van der Waals surface area contributed by atoms with Gasteiger partial charge in [0.15, 0.2) is 0 Å². The molecule has 3 nitrogen and oxygen atoms in total. The summed E-state index contributed by atoms with van der Waals surface area (Å²) in [5.41, 5.74) is 7.01. The van der Waals surface area contributed by atoms with Gasteiger partial charge in [0, 0.05) is 49.9 Å². The van der Waals surface area contributed by atoms with Crippen LogP contribution in [0.5, 0.6) is 0 Å². The van der Waals surface area contributed by atoms with Crippen molar-refractivity contribution < 1.29 is 4.39 Å². The van der Waals surface area contributed by atoms with Crippen LogP contribution in [0.15, 0.2) is 24.3 Å². The zero-order valence-corrected chi connectivity index (χ0v) is 13.5. The Labute approximate surface area is 127 Å². The monoisotopic (exact) mass is 293 g/mol. The van der Waals surface area contributed by atoms with E-state index >= 15 is 0 Å². The summed E-state index contributed by atoms with van der Waals surface area (Å²) in [5.74, 6) is -0.192. The number of hydrogen-bond donors (Lipinski definition) is 1. The summed E-state index contributed by atoms with van der Waals surface area (Å²) in [6.07, 6.45) is 0.802. The molecule has 1 aromatic carbocycles. The van der Waals surface area contributed by atoms with E-state index in [2.05, 4.69) is 30.6 Å². The van der Waals surface area contributed by atoms with Crippen molar-refractivity contribution in [3.63, 3.8) is 0 Å². The molecule has 0 saturated carbocycles. The van der Waals surface area contributed by atoms with Gasteiger partial charge in [-0.3, -0.25) is 4.90 Å². The SMILES string of the molecule is CC(C)(C)N1CCN(CCC(N)c2ccccc2F)CC1. The van der Waals surface area contributed by atoms with E-state index in [1.165, 1.54) is 6.07 Å². The molecule has 1 aliphatic rings. The number of nitrogens with zero attached hydrogens (tertiary/aromatic N) is 2. The minimum Gasteiger partial charge on any atom is -0.324 e. The van der Waals surface area contributed by atoms with Crippen LogP contribution in [0.1, 0.15) is 38.8 Å². The van der Waals surface area contributed by atoms with Crippen LogP contribution in [0.3, 0.4) is 0 Å². The third-order valence-electron chi connectivity index (χ3n) is 4.38. The predicted molar refractivity (Wildman–Crippen MR) is 85.7 cm³/mol. The van der Waals surface area contributed by atoms with Gasteiger partial charge in [-0.25, -0.2) is 4.39 Å². The standard InChI is InChI=1S/C17H28FN3/c1-17(2,3)21-12-10-20(11-13-21)9-8-16(19)14-6-4-5-7-15(14)18/h4-7,16H,8-13,19H2,1-3H3. The van der Waals surface area contributed by atoms with E-state index in [1.54, 1.807) is 12.1 Å². The highest BCUT2D eigenvalue weighted by atomic mass is 19.1. The van der Waals surface area contributed by atoms with E-state index in [9.17, 15) is 4.39 Å². The Morgan fingerprint density at radius 3 is 2.33 bits per heavy atom.